The molecule has 21 heavy (non-hydrogen) atoms. The van der Waals surface area contributed by atoms with Crippen molar-refractivity contribution in [2.45, 2.75) is 12.0 Å². The summed E-state index contributed by atoms with van der Waals surface area (Å²) in [6.07, 6.45) is 3.72. The van der Waals surface area contributed by atoms with Crippen molar-refractivity contribution < 1.29 is 4.42 Å². The predicted molar refractivity (Wildman–Crippen MR) is 82.6 cm³/mol. The first-order chi connectivity index (χ1) is 10.3. The molecule has 0 fully saturated rings. The smallest absolute Gasteiger partial charge is 0.114 e. The van der Waals surface area contributed by atoms with E-state index in [4.69, 9.17) is 16.0 Å². The van der Waals surface area contributed by atoms with Crippen molar-refractivity contribution in [2.24, 2.45) is 0 Å². The van der Waals surface area contributed by atoms with Gasteiger partial charge in [-0.1, -0.05) is 23.7 Å². The van der Waals surface area contributed by atoms with Crippen molar-refractivity contribution in [3.05, 3.63) is 82.5 Å². The van der Waals surface area contributed by atoms with Gasteiger partial charge in [0, 0.05) is 23.5 Å². The van der Waals surface area contributed by atoms with Crippen molar-refractivity contribution in [1.82, 2.24) is 10.3 Å². The SMILES string of the molecule is Clc1ccc(C2NCC(c3ccco3)c3[nH]ccc32)cc1. The average Bonchev–Trinajstić information content (AvgIpc) is 3.19. The Bertz CT molecular complexity index is 731. The van der Waals surface area contributed by atoms with Crippen LogP contribution in [0.2, 0.25) is 5.02 Å². The molecule has 0 saturated carbocycles. The van der Waals surface area contributed by atoms with Gasteiger partial charge in [-0.2, -0.15) is 0 Å². The van der Waals surface area contributed by atoms with E-state index in [0.29, 0.717) is 0 Å². The highest BCUT2D eigenvalue weighted by atomic mass is 35.5. The van der Waals surface area contributed by atoms with Crippen LogP contribution in [0.5, 0.6) is 0 Å². The standard InChI is InChI=1S/C17H15ClN2O/c18-12-5-3-11(4-6-12)16-13-7-8-19-17(13)14(10-20-16)15-2-1-9-21-15/h1-9,14,16,19-20H,10H2. The molecule has 4 heteroatoms. The monoisotopic (exact) mass is 298 g/mol. The van der Waals surface area contributed by atoms with Gasteiger partial charge in [0.25, 0.3) is 0 Å². The molecule has 0 saturated heterocycles. The van der Waals surface area contributed by atoms with Crippen LogP contribution in [0.4, 0.5) is 0 Å². The lowest BCUT2D eigenvalue weighted by Crippen LogP contribution is -2.33. The van der Waals surface area contributed by atoms with Crippen molar-refractivity contribution in [3.8, 4) is 0 Å². The molecule has 1 aliphatic rings. The van der Waals surface area contributed by atoms with Gasteiger partial charge >= 0.3 is 0 Å². The number of rotatable bonds is 2. The fourth-order valence-corrected chi connectivity index (χ4v) is 3.21. The van der Waals surface area contributed by atoms with Crippen LogP contribution in [-0.2, 0) is 0 Å². The molecule has 106 valence electrons. The minimum Gasteiger partial charge on any atom is -0.469 e. The summed E-state index contributed by atoms with van der Waals surface area (Å²) < 4.78 is 5.58. The Hall–Kier alpha value is -1.97. The summed E-state index contributed by atoms with van der Waals surface area (Å²) in [4.78, 5) is 3.38. The average molecular weight is 299 g/mol. The zero-order valence-corrected chi connectivity index (χ0v) is 12.1. The molecule has 1 aliphatic heterocycles. The van der Waals surface area contributed by atoms with Crippen LogP contribution in [0.1, 0.15) is 34.5 Å². The summed E-state index contributed by atoms with van der Waals surface area (Å²) in [6, 6.07) is 14.3. The first kappa shape index (κ1) is 12.7. The minimum atomic E-state index is 0.190. The Balaban J connectivity index is 1.73. The number of hydrogen-bond acceptors (Lipinski definition) is 2. The lowest BCUT2D eigenvalue weighted by molar-refractivity contribution is 0.438. The topological polar surface area (TPSA) is 41.0 Å². The highest BCUT2D eigenvalue weighted by molar-refractivity contribution is 6.30. The zero-order valence-electron chi connectivity index (χ0n) is 11.3. The fourth-order valence-electron chi connectivity index (χ4n) is 3.08. The van der Waals surface area contributed by atoms with E-state index < -0.39 is 0 Å². The van der Waals surface area contributed by atoms with Crippen LogP contribution < -0.4 is 5.32 Å². The summed E-state index contributed by atoms with van der Waals surface area (Å²) >= 11 is 5.98. The van der Waals surface area contributed by atoms with Gasteiger partial charge in [-0.25, -0.2) is 0 Å². The summed E-state index contributed by atoms with van der Waals surface area (Å²) in [5, 5.41) is 4.37. The summed E-state index contributed by atoms with van der Waals surface area (Å²) in [7, 11) is 0. The first-order valence-electron chi connectivity index (χ1n) is 7.02. The number of hydrogen-bond donors (Lipinski definition) is 2. The van der Waals surface area contributed by atoms with Gasteiger partial charge in [-0.3, -0.25) is 0 Å². The van der Waals surface area contributed by atoms with Gasteiger partial charge in [0.2, 0.25) is 0 Å². The molecular formula is C17H15ClN2O. The van der Waals surface area contributed by atoms with Crippen LogP contribution in [0, 0.1) is 0 Å². The van der Waals surface area contributed by atoms with E-state index in [1.807, 2.05) is 30.5 Å². The van der Waals surface area contributed by atoms with Crippen LogP contribution in [0.3, 0.4) is 0 Å². The molecule has 2 unspecified atom stereocenters. The molecule has 0 aliphatic carbocycles. The largest absolute Gasteiger partial charge is 0.469 e. The summed E-state index contributed by atoms with van der Waals surface area (Å²) in [5.74, 6) is 1.22. The third-order valence-corrected chi connectivity index (χ3v) is 4.34. The number of furan rings is 1. The van der Waals surface area contributed by atoms with Crippen LogP contribution >= 0.6 is 11.6 Å². The summed E-state index contributed by atoms with van der Waals surface area (Å²) in [6.45, 7) is 0.842. The maximum Gasteiger partial charge on any atom is 0.114 e. The first-order valence-corrected chi connectivity index (χ1v) is 7.40. The van der Waals surface area contributed by atoms with E-state index in [0.717, 1.165) is 17.3 Å². The fraction of sp³-hybridized carbons (Fsp3) is 0.176. The second-order valence-electron chi connectivity index (χ2n) is 5.31. The van der Waals surface area contributed by atoms with Gasteiger partial charge in [0.05, 0.1) is 18.2 Å². The Morgan fingerprint density at radius 2 is 1.95 bits per heavy atom. The molecule has 0 radical (unpaired) electrons. The normalized spacial score (nSPS) is 21.2. The third kappa shape index (κ3) is 2.19. The number of halogens is 1. The van der Waals surface area contributed by atoms with Crippen LogP contribution in [-0.4, -0.2) is 11.5 Å². The van der Waals surface area contributed by atoms with Gasteiger partial charge in [-0.05, 0) is 41.5 Å². The Kier molecular flexibility index (Phi) is 3.09. The number of aromatic nitrogens is 1. The lowest BCUT2D eigenvalue weighted by Gasteiger charge is -2.29. The predicted octanol–water partition coefficient (Wildman–Crippen LogP) is 4.09. The molecule has 2 aromatic heterocycles. The lowest BCUT2D eigenvalue weighted by atomic mass is 9.88. The van der Waals surface area contributed by atoms with Crippen molar-refractivity contribution in [2.75, 3.05) is 6.54 Å². The number of H-pyrrole nitrogens is 1. The van der Waals surface area contributed by atoms with Crippen LogP contribution in [0.25, 0.3) is 0 Å². The minimum absolute atomic E-state index is 0.190. The van der Waals surface area contributed by atoms with E-state index in [1.54, 1.807) is 6.26 Å². The van der Waals surface area contributed by atoms with E-state index in [-0.39, 0.29) is 12.0 Å². The van der Waals surface area contributed by atoms with Gasteiger partial charge < -0.3 is 14.7 Å². The summed E-state index contributed by atoms with van der Waals surface area (Å²) in [5.41, 5.74) is 3.71. The second kappa shape index (κ2) is 5.10. The van der Waals surface area contributed by atoms with E-state index >= 15 is 0 Å². The van der Waals surface area contributed by atoms with Gasteiger partial charge in [0.1, 0.15) is 5.76 Å². The molecule has 0 spiro atoms. The Morgan fingerprint density at radius 3 is 2.71 bits per heavy atom. The molecule has 0 amide bonds. The molecule has 2 N–H and O–H groups in total. The molecule has 2 atom stereocenters. The molecule has 3 heterocycles. The van der Waals surface area contributed by atoms with Crippen molar-refractivity contribution >= 4 is 11.6 Å². The number of fused-ring (bicyclic) bond motifs is 1. The molecule has 3 aromatic rings. The maximum atomic E-state index is 5.98. The number of aromatic amines is 1. The van der Waals surface area contributed by atoms with Crippen molar-refractivity contribution in [3.63, 3.8) is 0 Å². The maximum absolute atomic E-state index is 5.98. The van der Waals surface area contributed by atoms with Gasteiger partial charge in [0.15, 0.2) is 0 Å². The third-order valence-electron chi connectivity index (χ3n) is 4.09. The van der Waals surface area contributed by atoms with E-state index in [2.05, 4.69) is 28.5 Å². The Labute approximate surface area is 127 Å². The molecular weight excluding hydrogens is 284 g/mol. The highest BCUT2D eigenvalue weighted by Crippen LogP contribution is 2.36. The van der Waals surface area contributed by atoms with Gasteiger partial charge in [-0.15, -0.1) is 0 Å². The highest BCUT2D eigenvalue weighted by Gasteiger charge is 2.31. The molecule has 4 rings (SSSR count). The Morgan fingerprint density at radius 1 is 1.10 bits per heavy atom. The quantitative estimate of drug-likeness (QED) is 0.748. The molecule has 1 aromatic carbocycles. The molecule has 0 bridgehead atoms. The van der Waals surface area contributed by atoms with E-state index in [9.17, 15) is 0 Å². The molecule has 3 nitrogen and oxygen atoms in total. The zero-order chi connectivity index (χ0) is 14.2. The van der Waals surface area contributed by atoms with Crippen molar-refractivity contribution in [1.29, 1.82) is 0 Å². The number of nitrogens with one attached hydrogen (secondary N) is 2. The number of benzene rings is 1. The van der Waals surface area contributed by atoms with Crippen LogP contribution in [0.15, 0.2) is 59.3 Å². The van der Waals surface area contributed by atoms with E-state index in [1.165, 1.54) is 16.8 Å². The second-order valence-corrected chi connectivity index (χ2v) is 5.74.